The zero-order chi connectivity index (χ0) is 14.5. The van der Waals surface area contributed by atoms with Crippen molar-refractivity contribution >= 4 is 33.4 Å². The summed E-state index contributed by atoms with van der Waals surface area (Å²) in [4.78, 5) is 27.2. The molecule has 6 heteroatoms. The molecule has 1 aliphatic heterocycles. The van der Waals surface area contributed by atoms with Gasteiger partial charge in [-0.1, -0.05) is 22.0 Å². The van der Waals surface area contributed by atoms with E-state index in [1.54, 1.807) is 4.90 Å². The third kappa shape index (κ3) is 3.80. The van der Waals surface area contributed by atoms with Gasteiger partial charge in [0.1, 0.15) is 6.54 Å². The third-order valence-electron chi connectivity index (χ3n) is 3.16. The van der Waals surface area contributed by atoms with Gasteiger partial charge in [-0.15, -0.1) is 0 Å². The van der Waals surface area contributed by atoms with E-state index >= 15 is 0 Å². The average Bonchev–Trinajstić information content (AvgIpc) is 2.45. The van der Waals surface area contributed by atoms with Crippen molar-refractivity contribution in [2.24, 2.45) is 0 Å². The van der Waals surface area contributed by atoms with Crippen LogP contribution in [-0.4, -0.2) is 49.6 Å². The van der Waals surface area contributed by atoms with Crippen LogP contribution >= 0.6 is 15.9 Å². The number of hydrogen-bond donors (Lipinski definition) is 0. The van der Waals surface area contributed by atoms with E-state index < -0.39 is 0 Å². The maximum Gasteiger partial charge on any atom is 0.242 e. The highest BCUT2D eigenvalue weighted by atomic mass is 79.9. The molecule has 0 unspecified atom stereocenters. The number of benzene rings is 1. The van der Waals surface area contributed by atoms with Gasteiger partial charge in [-0.05, 0) is 18.2 Å². The smallest absolute Gasteiger partial charge is 0.242 e. The monoisotopic (exact) mass is 340 g/mol. The average molecular weight is 341 g/mol. The first kappa shape index (κ1) is 15.0. The van der Waals surface area contributed by atoms with Crippen molar-refractivity contribution < 1.29 is 14.3 Å². The number of halogens is 1. The lowest BCUT2D eigenvalue weighted by molar-refractivity contribution is -0.134. The molecule has 0 atom stereocenters. The number of carbonyl (C=O) groups is 2. The summed E-state index contributed by atoms with van der Waals surface area (Å²) in [6.45, 7) is 3.82. The highest BCUT2D eigenvalue weighted by Crippen LogP contribution is 2.20. The van der Waals surface area contributed by atoms with Gasteiger partial charge in [-0.2, -0.15) is 0 Å². The van der Waals surface area contributed by atoms with Gasteiger partial charge in [0.05, 0.1) is 13.2 Å². The van der Waals surface area contributed by atoms with Crippen LogP contribution < -0.4 is 4.90 Å². The van der Waals surface area contributed by atoms with Gasteiger partial charge in [0.25, 0.3) is 0 Å². The number of amides is 2. The van der Waals surface area contributed by atoms with E-state index in [0.717, 1.165) is 4.47 Å². The van der Waals surface area contributed by atoms with E-state index in [2.05, 4.69) is 15.9 Å². The van der Waals surface area contributed by atoms with Crippen molar-refractivity contribution in [3.8, 4) is 0 Å². The minimum absolute atomic E-state index is 0.0523. The summed E-state index contributed by atoms with van der Waals surface area (Å²) < 4.78 is 6.10. The van der Waals surface area contributed by atoms with Crippen molar-refractivity contribution in [1.29, 1.82) is 0 Å². The molecule has 1 saturated heterocycles. The van der Waals surface area contributed by atoms with Crippen LogP contribution in [0.15, 0.2) is 28.7 Å². The number of morpholine rings is 1. The van der Waals surface area contributed by atoms with Crippen LogP contribution in [0.5, 0.6) is 0 Å². The Hall–Kier alpha value is -1.40. The molecule has 20 heavy (non-hydrogen) atoms. The van der Waals surface area contributed by atoms with Gasteiger partial charge < -0.3 is 14.5 Å². The third-order valence-corrected chi connectivity index (χ3v) is 3.65. The molecule has 0 saturated carbocycles. The maximum atomic E-state index is 12.2. The summed E-state index contributed by atoms with van der Waals surface area (Å²) >= 11 is 3.37. The summed E-state index contributed by atoms with van der Waals surface area (Å²) in [5.41, 5.74) is 0.716. The first-order valence-electron chi connectivity index (χ1n) is 6.47. The molecule has 1 heterocycles. The van der Waals surface area contributed by atoms with Crippen LogP contribution in [0.3, 0.4) is 0 Å². The predicted octanol–water partition coefficient (Wildman–Crippen LogP) is 1.66. The molecule has 1 aromatic rings. The number of nitrogens with zero attached hydrogens (tertiary/aromatic N) is 2. The molecule has 2 rings (SSSR count). The molecule has 0 aliphatic carbocycles. The zero-order valence-corrected chi connectivity index (χ0v) is 12.9. The van der Waals surface area contributed by atoms with Crippen molar-refractivity contribution in [3.63, 3.8) is 0 Å². The van der Waals surface area contributed by atoms with Gasteiger partial charge in [0.15, 0.2) is 0 Å². The highest BCUT2D eigenvalue weighted by molar-refractivity contribution is 9.10. The standard InChI is InChI=1S/C14H17BrN2O3/c1-11(18)17(13-4-2-3-12(15)9-13)10-14(19)16-5-7-20-8-6-16/h2-4,9H,5-8,10H2,1H3. The number of ether oxygens (including phenoxy) is 1. The van der Waals surface area contributed by atoms with Crippen molar-refractivity contribution in [1.82, 2.24) is 4.90 Å². The van der Waals surface area contributed by atoms with Crippen LogP contribution in [-0.2, 0) is 14.3 Å². The van der Waals surface area contributed by atoms with Crippen LogP contribution in [0.1, 0.15) is 6.92 Å². The topological polar surface area (TPSA) is 49.9 Å². The molecular weight excluding hydrogens is 324 g/mol. The Kier molecular flexibility index (Phi) is 5.14. The SMILES string of the molecule is CC(=O)N(CC(=O)N1CCOCC1)c1cccc(Br)c1. The molecule has 0 N–H and O–H groups in total. The Morgan fingerprint density at radius 2 is 2.05 bits per heavy atom. The van der Waals surface area contributed by atoms with E-state index in [1.807, 2.05) is 24.3 Å². The summed E-state index contributed by atoms with van der Waals surface area (Å²) in [5, 5.41) is 0. The Balaban J connectivity index is 2.09. The van der Waals surface area contributed by atoms with Crippen molar-refractivity contribution in [3.05, 3.63) is 28.7 Å². The van der Waals surface area contributed by atoms with E-state index in [0.29, 0.717) is 32.0 Å². The fraction of sp³-hybridized carbons (Fsp3) is 0.429. The Bertz CT molecular complexity index is 501. The largest absolute Gasteiger partial charge is 0.378 e. The number of anilines is 1. The maximum absolute atomic E-state index is 12.2. The Morgan fingerprint density at radius 1 is 1.35 bits per heavy atom. The highest BCUT2D eigenvalue weighted by Gasteiger charge is 2.22. The van der Waals surface area contributed by atoms with Gasteiger partial charge in [-0.3, -0.25) is 9.59 Å². The number of rotatable bonds is 3. The number of hydrogen-bond acceptors (Lipinski definition) is 3. The minimum atomic E-state index is -0.148. The van der Waals surface area contributed by atoms with Crippen LogP contribution in [0.25, 0.3) is 0 Å². The minimum Gasteiger partial charge on any atom is -0.378 e. The predicted molar refractivity (Wildman–Crippen MR) is 79.6 cm³/mol. The molecule has 1 aromatic carbocycles. The summed E-state index contributed by atoms with van der Waals surface area (Å²) in [6.07, 6.45) is 0. The molecule has 0 spiro atoms. The Morgan fingerprint density at radius 3 is 2.65 bits per heavy atom. The molecule has 108 valence electrons. The van der Waals surface area contributed by atoms with Gasteiger partial charge in [0, 0.05) is 30.2 Å². The molecule has 2 amide bonds. The first-order chi connectivity index (χ1) is 9.58. The van der Waals surface area contributed by atoms with Gasteiger partial charge in [0.2, 0.25) is 11.8 Å². The lowest BCUT2D eigenvalue weighted by Gasteiger charge is -2.29. The summed E-state index contributed by atoms with van der Waals surface area (Å²) in [6, 6.07) is 7.37. The number of carbonyl (C=O) groups excluding carboxylic acids is 2. The molecule has 0 bridgehead atoms. The summed E-state index contributed by atoms with van der Waals surface area (Å²) in [5.74, 6) is -0.201. The quantitative estimate of drug-likeness (QED) is 0.840. The van der Waals surface area contributed by atoms with Crippen LogP contribution in [0.4, 0.5) is 5.69 Å². The van der Waals surface area contributed by atoms with Crippen molar-refractivity contribution in [2.75, 3.05) is 37.7 Å². The second kappa shape index (κ2) is 6.85. The van der Waals surface area contributed by atoms with E-state index in [-0.39, 0.29) is 18.4 Å². The molecule has 5 nitrogen and oxygen atoms in total. The zero-order valence-electron chi connectivity index (χ0n) is 11.3. The van der Waals surface area contributed by atoms with E-state index in [1.165, 1.54) is 11.8 Å². The summed E-state index contributed by atoms with van der Waals surface area (Å²) in [7, 11) is 0. The normalized spacial score (nSPS) is 15.0. The Labute approximate surface area is 126 Å². The molecule has 0 aromatic heterocycles. The first-order valence-corrected chi connectivity index (χ1v) is 7.26. The van der Waals surface area contributed by atoms with Gasteiger partial charge in [-0.25, -0.2) is 0 Å². The molecule has 0 radical (unpaired) electrons. The molecule has 1 fully saturated rings. The van der Waals surface area contributed by atoms with E-state index in [9.17, 15) is 9.59 Å². The van der Waals surface area contributed by atoms with Gasteiger partial charge >= 0.3 is 0 Å². The molecular formula is C14H17BrN2O3. The van der Waals surface area contributed by atoms with Crippen LogP contribution in [0, 0.1) is 0 Å². The second-order valence-corrected chi connectivity index (χ2v) is 5.49. The van der Waals surface area contributed by atoms with Crippen molar-refractivity contribution in [2.45, 2.75) is 6.92 Å². The van der Waals surface area contributed by atoms with Crippen LogP contribution in [0.2, 0.25) is 0 Å². The fourth-order valence-corrected chi connectivity index (χ4v) is 2.46. The second-order valence-electron chi connectivity index (χ2n) is 4.58. The lowest BCUT2D eigenvalue weighted by atomic mass is 10.2. The molecule has 1 aliphatic rings. The van der Waals surface area contributed by atoms with E-state index in [4.69, 9.17) is 4.74 Å². The fourth-order valence-electron chi connectivity index (χ4n) is 2.08. The lowest BCUT2D eigenvalue weighted by Crippen LogP contribution is -2.46.